The second-order valence-corrected chi connectivity index (χ2v) is 23.2. The second-order valence-electron chi connectivity index (χ2n) is 21.6. The van der Waals surface area contributed by atoms with E-state index < -0.39 is 0 Å². The Kier molecular flexibility index (Phi) is 26.3. The SMILES string of the molecule is CCCCC1=C(C)c2nc1cc1[n-]c(c(C)c1CCCC)c(-c1cccc(OCCCCCCCCBr)c1)c1nc(cc3[n-]c(c(C)c3CCCC)c2-c2cccc(OCCCCCCCCBr)c2)C(CCCC)=C1C.[Zn+2]. The van der Waals surface area contributed by atoms with Crippen molar-refractivity contribution < 1.29 is 29.0 Å². The van der Waals surface area contributed by atoms with Crippen molar-refractivity contribution in [1.29, 1.82) is 0 Å². The van der Waals surface area contributed by atoms with Crippen LogP contribution in [0.3, 0.4) is 0 Å². The van der Waals surface area contributed by atoms with E-state index in [1.807, 2.05) is 0 Å². The molecule has 2 aliphatic heterocycles. The van der Waals surface area contributed by atoms with Crippen LogP contribution in [0.2, 0.25) is 0 Å². The third-order valence-corrected chi connectivity index (χ3v) is 17.0. The standard InChI is InChI=1S/C68H90Br2N4O2.Zn/c1-9-13-35-55-47(5)65-63(51-31-29-33-53(43-51)75-41-27-23-19-17-21-25-39-69)66-49(7)57(37-15-11-3)61(73-66)46-62-58(38-16-12-4)50(8)68(74-62)64(67-48(6)56(36-14-10-2)60(72-67)45-59(55)71-65)52-32-30-34-54(44-52)76-42-28-24-20-18-22-26-40-70;/h29-34,43-46H,9-28,35-42H2,1-8H3;/q-2;+2. The Labute approximate surface area is 494 Å². The minimum atomic E-state index is 0. The van der Waals surface area contributed by atoms with Crippen molar-refractivity contribution in [3.63, 3.8) is 0 Å². The fourth-order valence-corrected chi connectivity index (χ4v) is 12.0. The molecule has 0 fully saturated rings. The molecule has 0 aliphatic carbocycles. The number of alkyl halides is 2. The summed E-state index contributed by atoms with van der Waals surface area (Å²) in [5, 5.41) is 2.18. The average molecular weight is 1220 g/mol. The van der Waals surface area contributed by atoms with Gasteiger partial charge in [-0.05, 0) is 174 Å². The van der Waals surface area contributed by atoms with Crippen molar-refractivity contribution in [3.8, 4) is 33.8 Å². The number of nitrogens with zero attached hydrogens (tertiary/aromatic N) is 4. The maximum absolute atomic E-state index is 6.58. The fraction of sp³-hybridized carbons (Fsp3) is 0.529. The number of rotatable bonds is 32. The van der Waals surface area contributed by atoms with Gasteiger partial charge in [-0.3, -0.25) is 0 Å². The molecule has 77 heavy (non-hydrogen) atoms. The first-order chi connectivity index (χ1) is 37.2. The Balaban J connectivity index is 0.00000961. The van der Waals surface area contributed by atoms with E-state index in [1.165, 1.54) is 109 Å². The molecule has 0 radical (unpaired) electrons. The minimum absolute atomic E-state index is 0. The van der Waals surface area contributed by atoms with E-state index in [0.29, 0.717) is 13.2 Å². The number of fused-ring (bicyclic) bond motifs is 8. The van der Waals surface area contributed by atoms with Crippen molar-refractivity contribution >= 4 is 76.2 Å². The number of unbranched alkanes of at least 4 members (excludes halogenated alkanes) is 14. The van der Waals surface area contributed by atoms with Gasteiger partial charge in [0.05, 0.1) is 36.0 Å². The molecule has 3 aromatic heterocycles. The zero-order valence-corrected chi connectivity index (χ0v) is 54.8. The summed E-state index contributed by atoms with van der Waals surface area (Å²) in [5.41, 5.74) is 22.5. The summed E-state index contributed by atoms with van der Waals surface area (Å²) >= 11 is 7.17. The number of aryl methyl sites for hydroxylation is 4. The molecule has 0 saturated heterocycles. The number of aromatic nitrogens is 4. The van der Waals surface area contributed by atoms with Gasteiger partial charge < -0.3 is 19.4 Å². The predicted octanol–water partition coefficient (Wildman–Crippen LogP) is 20.7. The fourth-order valence-electron chi connectivity index (χ4n) is 11.3. The molecular formula is C68H90Br2N4O2Zn. The summed E-state index contributed by atoms with van der Waals surface area (Å²) < 4.78 is 13.2. The Morgan fingerprint density at radius 3 is 1.18 bits per heavy atom. The Morgan fingerprint density at radius 2 is 0.805 bits per heavy atom. The van der Waals surface area contributed by atoms with Gasteiger partial charge >= 0.3 is 19.5 Å². The van der Waals surface area contributed by atoms with Gasteiger partial charge in [0, 0.05) is 10.7 Å². The zero-order chi connectivity index (χ0) is 53.8. The molecule has 0 unspecified atom stereocenters. The normalized spacial score (nSPS) is 12.5. The van der Waals surface area contributed by atoms with E-state index in [-0.39, 0.29) is 19.5 Å². The van der Waals surface area contributed by atoms with Crippen LogP contribution < -0.4 is 19.4 Å². The van der Waals surface area contributed by atoms with Crippen LogP contribution in [0, 0.1) is 13.8 Å². The molecule has 5 aromatic rings. The summed E-state index contributed by atoms with van der Waals surface area (Å²) in [6.07, 6.45) is 27.1. The minimum Gasteiger partial charge on any atom is -0.657 e. The van der Waals surface area contributed by atoms with Crippen LogP contribution in [0.1, 0.15) is 228 Å². The number of hydrogen-bond acceptors (Lipinski definition) is 4. The van der Waals surface area contributed by atoms with Crippen LogP contribution in [0.15, 0.2) is 60.7 Å². The molecule has 0 N–H and O–H groups in total. The van der Waals surface area contributed by atoms with Crippen molar-refractivity contribution in [3.05, 3.63) is 106 Å². The first-order valence-electron chi connectivity index (χ1n) is 29.8. The van der Waals surface area contributed by atoms with Gasteiger partial charge in [0.2, 0.25) is 0 Å². The number of ether oxygens (including phenoxy) is 2. The Morgan fingerprint density at radius 1 is 0.442 bits per heavy atom. The molecule has 6 nitrogen and oxygen atoms in total. The summed E-state index contributed by atoms with van der Waals surface area (Å²) in [4.78, 5) is 23.2. The van der Waals surface area contributed by atoms with E-state index in [0.717, 1.165) is 179 Å². The van der Waals surface area contributed by atoms with Crippen LogP contribution in [0.25, 0.3) is 66.6 Å². The first kappa shape index (κ1) is 62.4. The maximum atomic E-state index is 6.58. The maximum Gasteiger partial charge on any atom is 2.00 e. The molecule has 0 spiro atoms. The van der Waals surface area contributed by atoms with Gasteiger partial charge in [-0.2, -0.15) is 0 Å². The zero-order valence-electron chi connectivity index (χ0n) is 48.6. The van der Waals surface area contributed by atoms with E-state index in [1.54, 1.807) is 0 Å². The number of halogens is 2. The quantitative estimate of drug-likeness (QED) is 0.0243. The molecule has 7 rings (SSSR count). The van der Waals surface area contributed by atoms with Gasteiger partial charge in [0.1, 0.15) is 11.5 Å². The third kappa shape index (κ3) is 16.2. The summed E-state index contributed by atoms with van der Waals surface area (Å²) in [5.74, 6) is 1.79. The van der Waals surface area contributed by atoms with Crippen molar-refractivity contribution in [2.24, 2.45) is 0 Å². The molecule has 0 atom stereocenters. The van der Waals surface area contributed by atoms with Crippen molar-refractivity contribution in [2.75, 3.05) is 23.9 Å². The van der Waals surface area contributed by atoms with Gasteiger partial charge in [-0.1, -0.05) is 195 Å². The number of benzene rings is 2. The van der Waals surface area contributed by atoms with Crippen molar-refractivity contribution in [1.82, 2.24) is 19.9 Å². The molecule has 2 aliphatic rings. The Hall–Kier alpha value is -3.78. The largest absolute Gasteiger partial charge is 2.00 e. The number of hydrogen-bond donors (Lipinski definition) is 0. The first-order valence-corrected chi connectivity index (χ1v) is 32.1. The topological polar surface area (TPSA) is 72.4 Å². The van der Waals surface area contributed by atoms with E-state index in [2.05, 4.69) is 148 Å². The van der Waals surface area contributed by atoms with E-state index in [9.17, 15) is 0 Å². The van der Waals surface area contributed by atoms with Gasteiger partial charge in [-0.15, -0.1) is 22.1 Å². The molecule has 0 saturated carbocycles. The van der Waals surface area contributed by atoms with Crippen LogP contribution in [0.4, 0.5) is 0 Å². The van der Waals surface area contributed by atoms with E-state index >= 15 is 0 Å². The Bertz CT molecular complexity index is 2730. The van der Waals surface area contributed by atoms with Crippen LogP contribution in [0.5, 0.6) is 11.5 Å². The van der Waals surface area contributed by atoms with Crippen molar-refractivity contribution in [2.45, 2.75) is 209 Å². The molecule has 0 amide bonds. The summed E-state index contributed by atoms with van der Waals surface area (Å²) in [6.45, 7) is 19.8. The van der Waals surface area contributed by atoms with Crippen LogP contribution in [-0.2, 0) is 32.3 Å². The van der Waals surface area contributed by atoms with E-state index in [4.69, 9.17) is 29.4 Å². The molecule has 410 valence electrons. The molecule has 5 heterocycles. The second kappa shape index (κ2) is 32.5. The molecular weight excluding hydrogens is 1130 g/mol. The van der Waals surface area contributed by atoms with Gasteiger partial charge in [0.15, 0.2) is 0 Å². The smallest absolute Gasteiger partial charge is 0.657 e. The molecule has 2 aromatic carbocycles. The molecule has 8 bridgehead atoms. The monoisotopic (exact) mass is 1220 g/mol. The molecule has 9 heteroatoms. The average Bonchev–Trinajstić information content (AvgIpc) is 4.16. The van der Waals surface area contributed by atoms with Gasteiger partial charge in [-0.25, -0.2) is 9.97 Å². The van der Waals surface area contributed by atoms with Crippen LogP contribution in [-0.4, -0.2) is 33.8 Å². The predicted molar refractivity (Wildman–Crippen MR) is 335 cm³/mol. The summed E-state index contributed by atoms with van der Waals surface area (Å²) in [6, 6.07) is 22.2. The van der Waals surface area contributed by atoms with Gasteiger partial charge in [0.25, 0.3) is 0 Å². The number of allylic oxidation sites excluding steroid dienone is 4. The third-order valence-electron chi connectivity index (χ3n) is 15.9. The summed E-state index contributed by atoms with van der Waals surface area (Å²) in [7, 11) is 0. The van der Waals surface area contributed by atoms with Crippen LogP contribution >= 0.6 is 31.9 Å².